The summed E-state index contributed by atoms with van der Waals surface area (Å²) in [6.45, 7) is 1.20. The van der Waals surface area contributed by atoms with Crippen molar-refractivity contribution in [2.45, 2.75) is 17.1 Å². The molecule has 1 aliphatic heterocycles. The SMILES string of the molecule is O=C(Nc1cc(F)c(N2CCCC2)c(F)c1)c1ccc(NS(=O)(=O)c2cccs2)cc1. The Kier molecular flexibility index (Phi) is 5.92. The van der Waals surface area contributed by atoms with Crippen molar-refractivity contribution in [3.05, 3.63) is 71.1 Å². The van der Waals surface area contributed by atoms with Gasteiger partial charge in [0.05, 0.1) is 0 Å². The highest BCUT2D eigenvalue weighted by Gasteiger charge is 2.22. The predicted molar refractivity (Wildman–Crippen MR) is 117 cm³/mol. The van der Waals surface area contributed by atoms with Crippen LogP contribution in [-0.4, -0.2) is 27.4 Å². The first kappa shape index (κ1) is 21.3. The number of benzene rings is 2. The first-order valence-electron chi connectivity index (χ1n) is 9.55. The van der Waals surface area contributed by atoms with Crippen LogP contribution in [0.25, 0.3) is 0 Å². The maximum absolute atomic E-state index is 14.4. The Labute approximate surface area is 182 Å². The monoisotopic (exact) mass is 463 g/mol. The van der Waals surface area contributed by atoms with Gasteiger partial charge in [-0.15, -0.1) is 11.3 Å². The van der Waals surface area contributed by atoms with E-state index in [0.717, 1.165) is 36.3 Å². The molecule has 1 saturated heterocycles. The van der Waals surface area contributed by atoms with Gasteiger partial charge in [-0.05, 0) is 60.7 Å². The number of amides is 1. The van der Waals surface area contributed by atoms with E-state index in [2.05, 4.69) is 10.0 Å². The number of carbonyl (C=O) groups excluding carboxylic acids is 1. The normalized spacial score (nSPS) is 13.9. The maximum Gasteiger partial charge on any atom is 0.271 e. The van der Waals surface area contributed by atoms with Crippen molar-refractivity contribution in [1.29, 1.82) is 0 Å². The van der Waals surface area contributed by atoms with Crippen LogP contribution in [0.4, 0.5) is 25.8 Å². The van der Waals surface area contributed by atoms with Gasteiger partial charge >= 0.3 is 0 Å². The molecule has 2 N–H and O–H groups in total. The third kappa shape index (κ3) is 4.70. The van der Waals surface area contributed by atoms with Crippen LogP contribution in [0, 0.1) is 11.6 Å². The van der Waals surface area contributed by atoms with Gasteiger partial charge in [0.15, 0.2) is 11.6 Å². The second-order valence-electron chi connectivity index (χ2n) is 7.05. The van der Waals surface area contributed by atoms with Crippen LogP contribution in [0.5, 0.6) is 0 Å². The maximum atomic E-state index is 14.4. The van der Waals surface area contributed by atoms with Crippen LogP contribution in [0.15, 0.2) is 58.1 Å². The van der Waals surface area contributed by atoms with Crippen LogP contribution >= 0.6 is 11.3 Å². The fraction of sp³-hybridized carbons (Fsp3) is 0.190. The number of thiophene rings is 1. The summed E-state index contributed by atoms with van der Waals surface area (Å²) >= 11 is 1.09. The molecule has 10 heteroatoms. The Morgan fingerprint density at radius 3 is 2.19 bits per heavy atom. The highest BCUT2D eigenvalue weighted by molar-refractivity contribution is 7.94. The molecular weight excluding hydrogens is 444 g/mol. The summed E-state index contributed by atoms with van der Waals surface area (Å²) in [6.07, 6.45) is 1.77. The highest BCUT2D eigenvalue weighted by atomic mass is 32.2. The topological polar surface area (TPSA) is 78.5 Å². The number of sulfonamides is 1. The smallest absolute Gasteiger partial charge is 0.271 e. The van der Waals surface area contributed by atoms with Gasteiger partial charge in [0.2, 0.25) is 0 Å². The first-order valence-corrected chi connectivity index (χ1v) is 11.9. The average Bonchev–Trinajstić information content (AvgIpc) is 3.42. The van der Waals surface area contributed by atoms with E-state index in [1.54, 1.807) is 16.3 Å². The molecule has 3 aromatic rings. The molecule has 0 radical (unpaired) electrons. The molecule has 0 aliphatic carbocycles. The number of halogens is 2. The van der Waals surface area contributed by atoms with Gasteiger partial charge in [-0.2, -0.15) is 0 Å². The zero-order valence-electron chi connectivity index (χ0n) is 16.3. The summed E-state index contributed by atoms with van der Waals surface area (Å²) in [6, 6.07) is 11.0. The summed E-state index contributed by atoms with van der Waals surface area (Å²) in [5.41, 5.74) is 0.434. The molecule has 0 spiro atoms. The molecule has 1 aliphatic rings. The van der Waals surface area contributed by atoms with Gasteiger partial charge in [0.25, 0.3) is 15.9 Å². The van der Waals surface area contributed by atoms with Crippen LogP contribution in [0.3, 0.4) is 0 Å². The summed E-state index contributed by atoms with van der Waals surface area (Å²) in [4.78, 5) is 14.1. The van der Waals surface area contributed by atoms with Gasteiger partial charge in [-0.1, -0.05) is 6.07 Å². The number of hydrogen-bond acceptors (Lipinski definition) is 5. The summed E-state index contributed by atoms with van der Waals surface area (Å²) in [5, 5.41) is 4.13. The summed E-state index contributed by atoms with van der Waals surface area (Å²) in [7, 11) is -3.69. The quantitative estimate of drug-likeness (QED) is 0.557. The van der Waals surface area contributed by atoms with E-state index in [1.807, 2.05) is 0 Å². The third-order valence-electron chi connectivity index (χ3n) is 4.86. The van der Waals surface area contributed by atoms with E-state index < -0.39 is 27.6 Å². The van der Waals surface area contributed by atoms with Crippen molar-refractivity contribution in [2.24, 2.45) is 0 Å². The Morgan fingerprint density at radius 1 is 0.968 bits per heavy atom. The predicted octanol–water partition coefficient (Wildman–Crippen LogP) is 4.68. The molecule has 0 saturated carbocycles. The molecule has 6 nitrogen and oxygen atoms in total. The molecule has 2 aromatic carbocycles. The Balaban J connectivity index is 1.45. The lowest BCUT2D eigenvalue weighted by Crippen LogP contribution is -2.21. The van der Waals surface area contributed by atoms with Crippen molar-refractivity contribution in [3.8, 4) is 0 Å². The number of carbonyl (C=O) groups is 1. The fourth-order valence-corrected chi connectivity index (χ4v) is 5.45. The minimum atomic E-state index is -3.69. The lowest BCUT2D eigenvalue weighted by molar-refractivity contribution is 0.102. The zero-order chi connectivity index (χ0) is 22.0. The van der Waals surface area contributed by atoms with Gasteiger partial charge in [0, 0.05) is 30.0 Å². The van der Waals surface area contributed by atoms with Gasteiger partial charge < -0.3 is 10.2 Å². The van der Waals surface area contributed by atoms with E-state index in [4.69, 9.17) is 0 Å². The fourth-order valence-electron chi connectivity index (χ4n) is 3.40. The van der Waals surface area contributed by atoms with Gasteiger partial charge in [-0.25, -0.2) is 17.2 Å². The minimum Gasteiger partial charge on any atom is -0.367 e. The van der Waals surface area contributed by atoms with Crippen molar-refractivity contribution in [1.82, 2.24) is 0 Å². The highest BCUT2D eigenvalue weighted by Crippen LogP contribution is 2.30. The van der Waals surface area contributed by atoms with Crippen LogP contribution in [0.1, 0.15) is 23.2 Å². The Bertz CT molecular complexity index is 1170. The first-order chi connectivity index (χ1) is 14.8. The van der Waals surface area contributed by atoms with Gasteiger partial charge in [0.1, 0.15) is 9.90 Å². The number of nitrogens with zero attached hydrogens (tertiary/aromatic N) is 1. The van der Waals surface area contributed by atoms with E-state index in [0.29, 0.717) is 13.1 Å². The molecule has 31 heavy (non-hydrogen) atoms. The average molecular weight is 464 g/mol. The number of nitrogens with one attached hydrogen (secondary N) is 2. The summed E-state index contributed by atoms with van der Waals surface area (Å²) < 4.78 is 56.0. The molecule has 0 atom stereocenters. The molecule has 162 valence electrons. The van der Waals surface area contributed by atoms with Crippen LogP contribution in [0.2, 0.25) is 0 Å². The third-order valence-corrected chi connectivity index (χ3v) is 7.64. The number of rotatable bonds is 6. The second-order valence-corrected chi connectivity index (χ2v) is 9.91. The molecule has 1 aromatic heterocycles. The van der Waals surface area contributed by atoms with E-state index in [-0.39, 0.29) is 26.8 Å². The van der Waals surface area contributed by atoms with E-state index >= 15 is 0 Å². The second kappa shape index (κ2) is 8.64. The molecule has 0 bridgehead atoms. The van der Waals surface area contributed by atoms with Crippen molar-refractivity contribution in [3.63, 3.8) is 0 Å². The van der Waals surface area contributed by atoms with E-state index in [9.17, 15) is 22.0 Å². The van der Waals surface area contributed by atoms with Crippen LogP contribution < -0.4 is 14.9 Å². The largest absolute Gasteiger partial charge is 0.367 e. The molecule has 4 rings (SSSR count). The van der Waals surface area contributed by atoms with Crippen molar-refractivity contribution < 1.29 is 22.0 Å². The van der Waals surface area contributed by atoms with Gasteiger partial charge in [-0.3, -0.25) is 9.52 Å². The molecular formula is C21H19F2N3O3S2. The minimum absolute atomic E-state index is 0.00502. The lowest BCUT2D eigenvalue weighted by atomic mass is 10.2. The Hall–Kier alpha value is -2.98. The molecule has 1 fully saturated rings. The zero-order valence-corrected chi connectivity index (χ0v) is 17.9. The lowest BCUT2D eigenvalue weighted by Gasteiger charge is -2.19. The molecule has 0 unspecified atom stereocenters. The number of anilines is 3. The van der Waals surface area contributed by atoms with Crippen molar-refractivity contribution in [2.75, 3.05) is 28.0 Å². The molecule has 1 amide bonds. The standard InChI is InChI=1S/C21H19F2N3O3S2/c22-17-12-16(13-18(23)20(17)26-9-1-2-10-26)24-21(27)14-5-7-15(8-6-14)25-31(28,29)19-4-3-11-30-19/h3-8,11-13,25H,1-2,9-10H2,(H,24,27). The number of hydrogen-bond donors (Lipinski definition) is 2. The molecule has 2 heterocycles. The Morgan fingerprint density at radius 2 is 1.61 bits per heavy atom. The van der Waals surface area contributed by atoms with Crippen molar-refractivity contribution >= 4 is 44.3 Å². The van der Waals surface area contributed by atoms with Crippen LogP contribution in [-0.2, 0) is 10.0 Å². The summed E-state index contributed by atoms with van der Waals surface area (Å²) in [5.74, 6) is -2.02. The van der Waals surface area contributed by atoms with E-state index in [1.165, 1.54) is 30.3 Å².